The molecule has 2 aromatic rings. The molecule has 0 aliphatic carbocycles. The zero-order chi connectivity index (χ0) is 15.6. The van der Waals surface area contributed by atoms with Gasteiger partial charge in [-0.15, -0.1) is 0 Å². The van der Waals surface area contributed by atoms with Crippen molar-refractivity contribution in [2.24, 2.45) is 0 Å². The number of sulfonamides is 1. The molecule has 2 atom stereocenters. The summed E-state index contributed by atoms with van der Waals surface area (Å²) in [5.74, 6) is 0. The number of nitrogens with zero attached hydrogens (tertiary/aromatic N) is 1. The summed E-state index contributed by atoms with van der Waals surface area (Å²) in [5.41, 5.74) is 1.05. The molecule has 0 amide bonds. The molecule has 0 saturated carbocycles. The van der Waals surface area contributed by atoms with Gasteiger partial charge in [0.1, 0.15) is 0 Å². The van der Waals surface area contributed by atoms with E-state index in [-0.39, 0.29) is 19.9 Å². The van der Waals surface area contributed by atoms with Gasteiger partial charge in [-0.1, -0.05) is 0 Å². The molecule has 3 nitrogen and oxygen atoms in total. The third-order valence-electron chi connectivity index (χ3n) is 3.48. The van der Waals surface area contributed by atoms with Crippen molar-refractivity contribution < 1.29 is 8.42 Å². The van der Waals surface area contributed by atoms with E-state index in [0.29, 0.717) is 9.71 Å². The Bertz CT molecular complexity index is 760. The predicted molar refractivity (Wildman–Crippen MR) is 89.0 cm³/mol. The Morgan fingerprint density at radius 2 is 1.55 bits per heavy atom. The van der Waals surface area contributed by atoms with Gasteiger partial charge in [-0.05, 0) is 0 Å². The van der Waals surface area contributed by atoms with Gasteiger partial charge in [0.05, 0.1) is 0 Å². The zero-order valence-electron chi connectivity index (χ0n) is 12.2. The molecule has 3 rings (SSSR count). The van der Waals surface area contributed by atoms with E-state index >= 15 is 0 Å². The van der Waals surface area contributed by atoms with Crippen LogP contribution in [0, 0.1) is 0 Å². The van der Waals surface area contributed by atoms with Crippen LogP contribution in [-0.2, 0) is 10.0 Å². The average Bonchev–Trinajstić information content (AvgIpc) is 2.56. The number of allylic oxidation sites excluding steroid dienone is 1. The number of hydrogen-bond acceptors (Lipinski definition) is 2. The maximum atomic E-state index is 13.0. The Balaban J connectivity index is 2.05. The fourth-order valence-electron chi connectivity index (χ4n) is 2.36. The molecule has 2 aromatic carbocycles. The first-order valence-electron chi connectivity index (χ1n) is 7.06. The normalized spacial score (nSPS) is 21.8. The Kier molecular flexibility index (Phi) is 4.39. The summed E-state index contributed by atoms with van der Waals surface area (Å²) in [6.07, 6.45) is 3.72. The van der Waals surface area contributed by atoms with E-state index in [2.05, 4.69) is 6.92 Å². The quantitative estimate of drug-likeness (QED) is 0.768. The van der Waals surface area contributed by atoms with Gasteiger partial charge in [0.15, 0.2) is 0 Å². The van der Waals surface area contributed by atoms with Gasteiger partial charge < -0.3 is 0 Å². The van der Waals surface area contributed by atoms with Crippen LogP contribution in [-0.4, -0.2) is 27.7 Å². The molecule has 114 valence electrons. The van der Waals surface area contributed by atoms with E-state index in [0.717, 1.165) is 5.56 Å². The minimum atomic E-state index is -3.52. The van der Waals surface area contributed by atoms with Crippen molar-refractivity contribution in [1.82, 2.24) is 4.31 Å². The molecule has 0 aromatic heterocycles. The van der Waals surface area contributed by atoms with Crippen LogP contribution in [0.2, 0.25) is 4.82 Å². The number of rotatable bonds is 3. The van der Waals surface area contributed by atoms with Crippen molar-refractivity contribution in [2.75, 3.05) is 0 Å². The van der Waals surface area contributed by atoms with Gasteiger partial charge in [-0.3, -0.25) is 0 Å². The minimum absolute atomic E-state index is 0.0982. The summed E-state index contributed by atoms with van der Waals surface area (Å²) in [6.45, 7) is 2.14. The van der Waals surface area contributed by atoms with Gasteiger partial charge in [0.2, 0.25) is 0 Å². The van der Waals surface area contributed by atoms with Crippen LogP contribution in [0.3, 0.4) is 0 Å². The van der Waals surface area contributed by atoms with E-state index in [1.165, 1.54) is 4.31 Å². The van der Waals surface area contributed by atoms with E-state index in [4.69, 9.17) is 0 Å². The first-order chi connectivity index (χ1) is 10.6. The second-order valence-corrected chi connectivity index (χ2v) is 10.0. The molecular formula is C17H17NO2SSe. The second kappa shape index (κ2) is 6.29. The molecule has 5 heteroatoms. The fraction of sp³-hybridized carbons (Fsp3) is 0.176. The van der Waals surface area contributed by atoms with Crippen LogP contribution in [0.25, 0.3) is 0 Å². The molecule has 22 heavy (non-hydrogen) atoms. The van der Waals surface area contributed by atoms with Crippen molar-refractivity contribution in [3.8, 4) is 0 Å². The second-order valence-electron chi connectivity index (χ2n) is 5.09. The molecule has 0 saturated heterocycles. The van der Waals surface area contributed by atoms with E-state index < -0.39 is 10.0 Å². The molecular weight excluding hydrogens is 361 g/mol. The number of hydrogen-bond donors (Lipinski definition) is 0. The van der Waals surface area contributed by atoms with Crippen LogP contribution in [0.15, 0.2) is 77.8 Å². The Hall–Kier alpha value is -1.55. The fourth-order valence-corrected chi connectivity index (χ4v) is 6.93. The van der Waals surface area contributed by atoms with Crippen LogP contribution in [0.5, 0.6) is 0 Å². The van der Waals surface area contributed by atoms with E-state index in [1.807, 2.05) is 42.5 Å². The van der Waals surface area contributed by atoms with Gasteiger partial charge in [0, 0.05) is 0 Å². The SMILES string of the molecule is C[C@@H]1C=CN(S(=O)(=O)c2ccccc2)[C@H](c2ccccc2)[Se]1. The predicted octanol–water partition coefficient (Wildman–Crippen LogP) is 3.42. The van der Waals surface area contributed by atoms with Crippen molar-refractivity contribution in [1.29, 1.82) is 0 Å². The van der Waals surface area contributed by atoms with Crippen LogP contribution in [0.1, 0.15) is 17.4 Å². The molecule has 1 aliphatic rings. The first kappa shape index (κ1) is 15.3. The van der Waals surface area contributed by atoms with E-state index in [9.17, 15) is 8.42 Å². The van der Waals surface area contributed by atoms with Gasteiger partial charge >= 0.3 is 138 Å². The van der Waals surface area contributed by atoms with Crippen molar-refractivity contribution in [3.63, 3.8) is 0 Å². The summed E-state index contributed by atoms with van der Waals surface area (Å²) < 4.78 is 27.5. The van der Waals surface area contributed by atoms with Crippen LogP contribution < -0.4 is 0 Å². The molecule has 0 N–H and O–H groups in total. The molecule has 1 aliphatic heterocycles. The standard InChI is InChI=1S/C17H17NO2SSe/c1-14-12-13-18(17(22-14)15-8-4-2-5-9-15)21(19,20)16-10-6-3-7-11-16/h2-14,17H,1H3/t14-,17+/m1/s1. The van der Waals surface area contributed by atoms with Gasteiger partial charge in [0.25, 0.3) is 0 Å². The summed E-state index contributed by atoms with van der Waals surface area (Å²) >= 11 is 0.151. The molecule has 0 spiro atoms. The third-order valence-corrected chi connectivity index (χ3v) is 8.36. The van der Waals surface area contributed by atoms with Crippen LogP contribution in [0.4, 0.5) is 0 Å². The summed E-state index contributed by atoms with van der Waals surface area (Å²) in [6, 6.07) is 18.5. The molecule has 0 bridgehead atoms. The maximum absolute atomic E-state index is 13.0. The van der Waals surface area contributed by atoms with Crippen molar-refractivity contribution in [3.05, 3.63) is 78.5 Å². The summed E-state index contributed by atoms with van der Waals surface area (Å²) in [4.78, 5) is 0.657. The average molecular weight is 378 g/mol. The van der Waals surface area contributed by atoms with Gasteiger partial charge in [-0.2, -0.15) is 0 Å². The first-order valence-corrected chi connectivity index (χ1v) is 10.5. The van der Waals surface area contributed by atoms with Crippen LogP contribution >= 0.6 is 0 Å². The third kappa shape index (κ3) is 2.98. The van der Waals surface area contributed by atoms with Gasteiger partial charge in [-0.25, -0.2) is 0 Å². The molecule has 0 fully saturated rings. The molecule has 1 heterocycles. The Morgan fingerprint density at radius 3 is 2.18 bits per heavy atom. The van der Waals surface area contributed by atoms with Crippen molar-refractivity contribution >= 4 is 25.0 Å². The topological polar surface area (TPSA) is 37.4 Å². The molecule has 0 radical (unpaired) electrons. The van der Waals surface area contributed by atoms with Crippen molar-refractivity contribution in [2.45, 2.75) is 21.6 Å². The Morgan fingerprint density at radius 1 is 0.955 bits per heavy atom. The summed E-state index contributed by atoms with van der Waals surface area (Å²) in [5, 5.41) is 0. The summed E-state index contributed by atoms with van der Waals surface area (Å²) in [7, 11) is -3.52. The molecule has 0 unspecified atom stereocenters. The van der Waals surface area contributed by atoms with E-state index in [1.54, 1.807) is 30.5 Å². The Labute approximate surface area is 137 Å². The number of benzene rings is 2. The zero-order valence-corrected chi connectivity index (χ0v) is 14.7. The monoisotopic (exact) mass is 379 g/mol.